The van der Waals surface area contributed by atoms with Crippen molar-refractivity contribution in [2.24, 2.45) is 17.8 Å². The standard InChI is InChI=1S/C13H20N4/c1-10(13-9-11-2-3-12(13)8-11)14-4-6-17-7-5-15-16-17/h2-3,5,7,10-14H,4,6,8-9H2,1H3. The number of hydrogen-bond acceptors (Lipinski definition) is 3. The molecule has 92 valence electrons. The van der Waals surface area contributed by atoms with E-state index in [1.54, 1.807) is 6.20 Å². The van der Waals surface area contributed by atoms with Crippen molar-refractivity contribution >= 4 is 0 Å². The molecule has 0 aromatic carbocycles. The van der Waals surface area contributed by atoms with E-state index in [0.717, 1.165) is 30.8 Å². The zero-order valence-electron chi connectivity index (χ0n) is 10.3. The van der Waals surface area contributed by atoms with E-state index < -0.39 is 0 Å². The molecule has 0 amide bonds. The number of fused-ring (bicyclic) bond motifs is 2. The van der Waals surface area contributed by atoms with Crippen LogP contribution in [0.2, 0.25) is 0 Å². The minimum absolute atomic E-state index is 0.610. The van der Waals surface area contributed by atoms with Gasteiger partial charge < -0.3 is 5.32 Å². The fraction of sp³-hybridized carbons (Fsp3) is 0.692. The van der Waals surface area contributed by atoms with Gasteiger partial charge in [0.25, 0.3) is 0 Å². The molecule has 0 aliphatic heterocycles. The van der Waals surface area contributed by atoms with E-state index in [1.165, 1.54) is 12.8 Å². The van der Waals surface area contributed by atoms with Gasteiger partial charge >= 0.3 is 0 Å². The third-order valence-corrected chi connectivity index (χ3v) is 4.25. The first kappa shape index (κ1) is 11.0. The van der Waals surface area contributed by atoms with Gasteiger partial charge in [0.1, 0.15) is 0 Å². The fourth-order valence-corrected chi connectivity index (χ4v) is 3.31. The van der Waals surface area contributed by atoms with Gasteiger partial charge in [0, 0.05) is 18.8 Å². The van der Waals surface area contributed by atoms with E-state index in [1.807, 2.05) is 10.9 Å². The van der Waals surface area contributed by atoms with Crippen LogP contribution < -0.4 is 5.32 Å². The SMILES string of the molecule is CC(NCCn1ccnn1)C1CC2C=CC1C2. The van der Waals surface area contributed by atoms with Crippen molar-refractivity contribution in [2.75, 3.05) is 6.54 Å². The van der Waals surface area contributed by atoms with Crippen molar-refractivity contribution in [1.29, 1.82) is 0 Å². The van der Waals surface area contributed by atoms with Gasteiger partial charge in [-0.05, 0) is 37.5 Å². The Kier molecular flexibility index (Phi) is 2.97. The van der Waals surface area contributed by atoms with E-state index in [2.05, 4.69) is 34.7 Å². The van der Waals surface area contributed by atoms with E-state index in [4.69, 9.17) is 0 Å². The van der Waals surface area contributed by atoms with Gasteiger partial charge in [-0.25, -0.2) is 0 Å². The number of aromatic nitrogens is 3. The maximum Gasteiger partial charge on any atom is 0.0692 e. The molecule has 0 saturated heterocycles. The van der Waals surface area contributed by atoms with Crippen LogP contribution >= 0.6 is 0 Å². The Balaban J connectivity index is 1.45. The molecule has 1 fully saturated rings. The third-order valence-electron chi connectivity index (χ3n) is 4.25. The van der Waals surface area contributed by atoms with E-state index in [9.17, 15) is 0 Å². The molecule has 2 aliphatic carbocycles. The summed E-state index contributed by atoms with van der Waals surface area (Å²) in [6.07, 6.45) is 11.2. The highest BCUT2D eigenvalue weighted by molar-refractivity contribution is 5.11. The molecule has 17 heavy (non-hydrogen) atoms. The lowest BCUT2D eigenvalue weighted by Gasteiger charge is -2.26. The van der Waals surface area contributed by atoms with Gasteiger partial charge in [0.15, 0.2) is 0 Å². The van der Waals surface area contributed by atoms with Gasteiger partial charge in [0.2, 0.25) is 0 Å². The number of hydrogen-bond donors (Lipinski definition) is 1. The molecule has 2 aliphatic rings. The van der Waals surface area contributed by atoms with Crippen LogP contribution in [-0.2, 0) is 6.54 Å². The zero-order chi connectivity index (χ0) is 11.7. The van der Waals surface area contributed by atoms with Gasteiger partial charge in [0.05, 0.1) is 12.7 Å². The molecule has 4 atom stereocenters. The van der Waals surface area contributed by atoms with Crippen LogP contribution in [0.4, 0.5) is 0 Å². The lowest BCUT2D eigenvalue weighted by atomic mass is 9.87. The van der Waals surface area contributed by atoms with Crippen molar-refractivity contribution in [3.63, 3.8) is 0 Å². The minimum Gasteiger partial charge on any atom is -0.312 e. The highest BCUT2D eigenvalue weighted by Crippen LogP contribution is 2.44. The molecule has 1 aromatic heterocycles. The van der Waals surface area contributed by atoms with Crippen molar-refractivity contribution in [1.82, 2.24) is 20.3 Å². The van der Waals surface area contributed by atoms with Crippen LogP contribution in [0.3, 0.4) is 0 Å². The molecule has 3 rings (SSSR count). The van der Waals surface area contributed by atoms with Crippen LogP contribution in [0.15, 0.2) is 24.5 Å². The summed E-state index contributed by atoms with van der Waals surface area (Å²) in [5, 5.41) is 11.4. The summed E-state index contributed by atoms with van der Waals surface area (Å²) in [6, 6.07) is 0.610. The predicted molar refractivity (Wildman–Crippen MR) is 66.3 cm³/mol. The van der Waals surface area contributed by atoms with Gasteiger partial charge in [-0.1, -0.05) is 17.4 Å². The Hall–Kier alpha value is -1.16. The quantitative estimate of drug-likeness (QED) is 0.782. The molecular weight excluding hydrogens is 212 g/mol. The second-order valence-corrected chi connectivity index (χ2v) is 5.35. The van der Waals surface area contributed by atoms with E-state index >= 15 is 0 Å². The van der Waals surface area contributed by atoms with Crippen LogP contribution in [0.1, 0.15) is 19.8 Å². The number of rotatable bonds is 5. The number of nitrogens with zero attached hydrogens (tertiary/aromatic N) is 3. The molecule has 0 radical (unpaired) electrons. The smallest absolute Gasteiger partial charge is 0.0692 e. The first-order valence-electron chi connectivity index (χ1n) is 6.59. The van der Waals surface area contributed by atoms with Crippen LogP contribution in [0, 0.1) is 17.8 Å². The second kappa shape index (κ2) is 4.61. The summed E-state index contributed by atoms with van der Waals surface area (Å²) < 4.78 is 1.88. The summed E-state index contributed by atoms with van der Waals surface area (Å²) in [5.41, 5.74) is 0. The van der Waals surface area contributed by atoms with Gasteiger partial charge in [-0.3, -0.25) is 4.68 Å². The molecule has 1 N–H and O–H groups in total. The Morgan fingerprint density at radius 1 is 1.41 bits per heavy atom. The first-order chi connectivity index (χ1) is 8.33. The average molecular weight is 232 g/mol. The number of allylic oxidation sites excluding steroid dienone is 2. The van der Waals surface area contributed by atoms with Gasteiger partial charge in [-0.15, -0.1) is 5.10 Å². The maximum atomic E-state index is 3.96. The van der Waals surface area contributed by atoms with Crippen LogP contribution in [0.5, 0.6) is 0 Å². The Morgan fingerprint density at radius 3 is 3.00 bits per heavy atom. The number of nitrogens with one attached hydrogen (secondary N) is 1. The molecule has 0 spiro atoms. The molecule has 4 heteroatoms. The lowest BCUT2D eigenvalue weighted by Crippen LogP contribution is -2.37. The largest absolute Gasteiger partial charge is 0.312 e. The first-order valence-corrected chi connectivity index (χ1v) is 6.59. The third kappa shape index (κ3) is 2.27. The van der Waals surface area contributed by atoms with Crippen molar-refractivity contribution in [2.45, 2.75) is 32.4 Å². The van der Waals surface area contributed by atoms with E-state index in [-0.39, 0.29) is 0 Å². The van der Waals surface area contributed by atoms with Crippen molar-refractivity contribution < 1.29 is 0 Å². The minimum atomic E-state index is 0.610. The molecular formula is C13H20N4. The average Bonchev–Trinajstić information content (AvgIpc) is 3.05. The predicted octanol–water partition coefficient (Wildman–Crippen LogP) is 1.47. The molecule has 1 saturated carbocycles. The summed E-state index contributed by atoms with van der Waals surface area (Å²) in [6.45, 7) is 4.20. The molecule has 1 heterocycles. The second-order valence-electron chi connectivity index (χ2n) is 5.35. The lowest BCUT2D eigenvalue weighted by molar-refractivity contribution is 0.322. The van der Waals surface area contributed by atoms with Crippen LogP contribution in [0.25, 0.3) is 0 Å². The van der Waals surface area contributed by atoms with E-state index in [0.29, 0.717) is 6.04 Å². The monoisotopic (exact) mass is 232 g/mol. The van der Waals surface area contributed by atoms with Gasteiger partial charge in [-0.2, -0.15) is 0 Å². The topological polar surface area (TPSA) is 42.7 Å². The maximum absolute atomic E-state index is 3.96. The normalized spacial score (nSPS) is 32.2. The molecule has 1 aromatic rings. The summed E-state index contributed by atoms with van der Waals surface area (Å²) >= 11 is 0. The Morgan fingerprint density at radius 2 is 2.35 bits per heavy atom. The highest BCUT2D eigenvalue weighted by Gasteiger charge is 2.38. The molecule has 4 nitrogen and oxygen atoms in total. The summed E-state index contributed by atoms with van der Waals surface area (Å²) in [4.78, 5) is 0. The van der Waals surface area contributed by atoms with Crippen molar-refractivity contribution in [3.8, 4) is 0 Å². The van der Waals surface area contributed by atoms with Crippen molar-refractivity contribution in [3.05, 3.63) is 24.5 Å². The highest BCUT2D eigenvalue weighted by atomic mass is 15.4. The molecule has 2 bridgehead atoms. The summed E-state index contributed by atoms with van der Waals surface area (Å²) in [7, 11) is 0. The Labute approximate surface area is 102 Å². The Bertz CT molecular complexity index is 384. The fourth-order valence-electron chi connectivity index (χ4n) is 3.31. The zero-order valence-corrected chi connectivity index (χ0v) is 10.3. The summed E-state index contributed by atoms with van der Waals surface area (Å²) in [5.74, 6) is 2.53. The van der Waals surface area contributed by atoms with Crippen LogP contribution in [-0.4, -0.2) is 27.6 Å². The molecule has 4 unspecified atom stereocenters.